The number of fused-ring (bicyclic) bond motifs is 1. The van der Waals surface area contributed by atoms with Crippen LogP contribution in [0.2, 0.25) is 0 Å². The van der Waals surface area contributed by atoms with E-state index in [2.05, 4.69) is 5.32 Å². The molecule has 2 amide bonds. The number of amides is 2. The number of hydrogen-bond donors (Lipinski definition) is 2. The lowest BCUT2D eigenvalue weighted by Crippen LogP contribution is -2.70. The van der Waals surface area contributed by atoms with Gasteiger partial charge in [0, 0.05) is 4.75 Å². The molecule has 9 heteroatoms. The Balaban J connectivity index is 1.44. The molecule has 0 aromatic heterocycles. The van der Waals surface area contributed by atoms with Crippen LogP contribution < -0.4 is 10.1 Å². The number of hydrogen-bond acceptors (Lipinski definition) is 6. The van der Waals surface area contributed by atoms with E-state index >= 15 is 0 Å². The highest BCUT2D eigenvalue weighted by Gasteiger charge is 2.64. The van der Waals surface area contributed by atoms with Gasteiger partial charge in [-0.05, 0) is 62.6 Å². The Bertz CT molecular complexity index is 1190. The Kier molecular flexibility index (Phi) is 6.16. The minimum atomic E-state index is -1.06. The molecule has 4 rings (SSSR count). The zero-order valence-electron chi connectivity index (χ0n) is 19.3. The molecule has 2 aromatic rings. The number of aliphatic carboxylic acids is 1. The first-order chi connectivity index (χ1) is 16.0. The molecule has 2 fully saturated rings. The second-order valence-electron chi connectivity index (χ2n) is 9.11. The molecule has 34 heavy (non-hydrogen) atoms. The third-order valence-corrected chi connectivity index (χ3v) is 7.84. The van der Waals surface area contributed by atoms with Crippen molar-refractivity contribution in [2.75, 3.05) is 0 Å². The lowest BCUT2D eigenvalue weighted by molar-refractivity contribution is -0.161. The highest BCUT2D eigenvalue weighted by atomic mass is 32.2. The average molecular weight is 483 g/mol. The van der Waals surface area contributed by atoms with E-state index in [1.54, 1.807) is 50.2 Å². The van der Waals surface area contributed by atoms with E-state index in [1.165, 1.54) is 16.7 Å². The quantitative estimate of drug-likeness (QED) is 0.370. The van der Waals surface area contributed by atoms with Crippen LogP contribution >= 0.6 is 11.8 Å². The van der Waals surface area contributed by atoms with Gasteiger partial charge in [-0.3, -0.25) is 9.59 Å². The van der Waals surface area contributed by atoms with Gasteiger partial charge >= 0.3 is 11.9 Å². The number of nitrogens with one attached hydrogen (secondary N) is 1. The number of carboxylic acid groups (broad SMARTS) is 1. The third-order valence-electron chi connectivity index (χ3n) is 6.27. The number of ether oxygens (including phenoxy) is 1. The molecule has 3 atom stereocenters. The van der Waals surface area contributed by atoms with Gasteiger partial charge in [0.2, 0.25) is 11.8 Å². The van der Waals surface area contributed by atoms with Crippen molar-refractivity contribution in [1.82, 2.24) is 10.2 Å². The van der Waals surface area contributed by atoms with Gasteiger partial charge in [0.1, 0.15) is 23.2 Å². The van der Waals surface area contributed by atoms with E-state index in [9.17, 15) is 24.3 Å². The maximum absolute atomic E-state index is 12.8. The van der Waals surface area contributed by atoms with Crippen LogP contribution in [0.15, 0.2) is 42.5 Å². The Morgan fingerprint density at radius 2 is 1.82 bits per heavy atom. The van der Waals surface area contributed by atoms with Crippen molar-refractivity contribution < 1.29 is 29.0 Å². The Morgan fingerprint density at radius 3 is 2.50 bits per heavy atom. The van der Waals surface area contributed by atoms with E-state index < -0.39 is 46.0 Å². The monoisotopic (exact) mass is 482 g/mol. The van der Waals surface area contributed by atoms with Crippen LogP contribution in [-0.2, 0) is 20.8 Å². The van der Waals surface area contributed by atoms with Gasteiger partial charge in [-0.15, -0.1) is 11.8 Å². The van der Waals surface area contributed by atoms with Gasteiger partial charge in [0.25, 0.3) is 0 Å². The van der Waals surface area contributed by atoms with Gasteiger partial charge in [0.15, 0.2) is 0 Å². The molecule has 0 bridgehead atoms. The lowest BCUT2D eigenvalue weighted by atomic mass is 9.96. The summed E-state index contributed by atoms with van der Waals surface area (Å²) in [4.78, 5) is 51.2. The number of nitrogens with zero attached hydrogens (tertiary/aromatic N) is 1. The zero-order chi connectivity index (χ0) is 24.8. The Labute approximate surface area is 201 Å². The van der Waals surface area contributed by atoms with E-state index in [0.717, 1.165) is 11.1 Å². The van der Waals surface area contributed by atoms with E-state index in [1.807, 2.05) is 19.9 Å². The second-order valence-corrected chi connectivity index (χ2v) is 10.9. The standard InChI is InChI=1S/C25H26N2O6S/c1-13-9-10-16(11-14(13)2)33-24(32)17-8-6-5-7-15(17)12-18(28)26-19-21(29)27-20(23(30)31)25(3,4)34-22(19)27/h5-11,19-20,22H,12H2,1-4H3,(H,26,28)(H,30,31)/t19?,20?,22-/m1/s1. The summed E-state index contributed by atoms with van der Waals surface area (Å²) < 4.78 is 4.84. The van der Waals surface area contributed by atoms with Crippen molar-refractivity contribution >= 4 is 35.5 Å². The van der Waals surface area contributed by atoms with Gasteiger partial charge in [-0.1, -0.05) is 24.3 Å². The fourth-order valence-electron chi connectivity index (χ4n) is 4.36. The summed E-state index contributed by atoms with van der Waals surface area (Å²) in [5.74, 6) is -2.06. The fourth-order valence-corrected chi connectivity index (χ4v) is 5.98. The lowest BCUT2D eigenvalue weighted by Gasteiger charge is -2.43. The van der Waals surface area contributed by atoms with Gasteiger partial charge in [-0.2, -0.15) is 0 Å². The molecule has 0 saturated carbocycles. The molecule has 8 nitrogen and oxygen atoms in total. The number of esters is 1. The molecular weight excluding hydrogens is 456 g/mol. The maximum Gasteiger partial charge on any atom is 0.343 e. The normalized spacial score (nSPS) is 22.5. The number of thioether (sulfide) groups is 1. The van der Waals surface area contributed by atoms with Crippen molar-refractivity contribution in [3.8, 4) is 5.75 Å². The molecule has 2 saturated heterocycles. The van der Waals surface area contributed by atoms with Crippen molar-refractivity contribution in [1.29, 1.82) is 0 Å². The summed E-state index contributed by atoms with van der Waals surface area (Å²) in [6, 6.07) is 10.3. The predicted molar refractivity (Wildman–Crippen MR) is 127 cm³/mol. The SMILES string of the molecule is Cc1ccc(OC(=O)c2ccccc2CC(=O)NC2C(=O)N3C(C(=O)O)C(C)(C)S[C@H]23)cc1C. The van der Waals surface area contributed by atoms with Crippen LogP contribution in [0.5, 0.6) is 5.75 Å². The average Bonchev–Trinajstić information content (AvgIpc) is 3.03. The zero-order valence-corrected chi connectivity index (χ0v) is 20.1. The van der Waals surface area contributed by atoms with Gasteiger partial charge in [-0.25, -0.2) is 9.59 Å². The first kappa shape index (κ1) is 23.8. The predicted octanol–water partition coefficient (Wildman–Crippen LogP) is 2.70. The van der Waals surface area contributed by atoms with Crippen LogP contribution in [0, 0.1) is 13.8 Å². The molecule has 0 aliphatic carbocycles. The first-order valence-corrected chi connectivity index (χ1v) is 11.8. The molecule has 178 valence electrons. The highest BCUT2D eigenvalue weighted by Crippen LogP contribution is 2.50. The molecule has 0 spiro atoms. The summed E-state index contributed by atoms with van der Waals surface area (Å²) in [6.45, 7) is 7.45. The molecule has 2 aliphatic heterocycles. The minimum absolute atomic E-state index is 0.120. The Hall–Kier alpha value is -3.33. The van der Waals surface area contributed by atoms with Crippen LogP contribution in [0.25, 0.3) is 0 Å². The van der Waals surface area contributed by atoms with E-state index in [-0.39, 0.29) is 12.0 Å². The Morgan fingerprint density at radius 1 is 1.12 bits per heavy atom. The molecular formula is C25H26N2O6S. The van der Waals surface area contributed by atoms with E-state index in [0.29, 0.717) is 11.3 Å². The van der Waals surface area contributed by atoms with Crippen molar-refractivity contribution in [2.24, 2.45) is 0 Å². The summed E-state index contributed by atoms with van der Waals surface area (Å²) >= 11 is 1.36. The summed E-state index contributed by atoms with van der Waals surface area (Å²) in [5.41, 5.74) is 2.81. The van der Waals surface area contributed by atoms with Crippen molar-refractivity contribution in [3.63, 3.8) is 0 Å². The second kappa shape index (κ2) is 8.79. The van der Waals surface area contributed by atoms with Crippen LogP contribution in [0.1, 0.15) is 40.9 Å². The molecule has 2 aliphatic rings. The number of rotatable bonds is 6. The molecule has 2 aromatic carbocycles. The van der Waals surface area contributed by atoms with Crippen LogP contribution in [-0.4, -0.2) is 56.0 Å². The topological polar surface area (TPSA) is 113 Å². The van der Waals surface area contributed by atoms with Crippen LogP contribution in [0.3, 0.4) is 0 Å². The summed E-state index contributed by atoms with van der Waals surface area (Å²) in [5, 5.41) is 11.8. The van der Waals surface area contributed by atoms with Crippen molar-refractivity contribution in [2.45, 2.75) is 56.3 Å². The number of carbonyl (C=O) groups is 4. The van der Waals surface area contributed by atoms with Crippen molar-refractivity contribution in [3.05, 3.63) is 64.7 Å². The smallest absolute Gasteiger partial charge is 0.343 e. The largest absolute Gasteiger partial charge is 0.480 e. The minimum Gasteiger partial charge on any atom is -0.480 e. The van der Waals surface area contributed by atoms with Crippen LogP contribution in [0.4, 0.5) is 0 Å². The molecule has 2 heterocycles. The maximum atomic E-state index is 12.8. The first-order valence-electron chi connectivity index (χ1n) is 10.9. The highest BCUT2D eigenvalue weighted by molar-refractivity contribution is 8.01. The number of carboxylic acids is 1. The molecule has 2 N–H and O–H groups in total. The summed E-state index contributed by atoms with van der Waals surface area (Å²) in [6.07, 6.45) is -0.120. The summed E-state index contributed by atoms with van der Waals surface area (Å²) in [7, 11) is 0. The fraction of sp³-hybridized carbons (Fsp3) is 0.360. The number of aryl methyl sites for hydroxylation is 2. The number of carbonyl (C=O) groups excluding carboxylic acids is 3. The number of benzene rings is 2. The molecule has 0 radical (unpaired) electrons. The third kappa shape index (κ3) is 4.27. The van der Waals surface area contributed by atoms with Gasteiger partial charge < -0.3 is 20.1 Å². The van der Waals surface area contributed by atoms with Gasteiger partial charge in [0.05, 0.1) is 12.0 Å². The molecule has 2 unspecified atom stereocenters. The number of β-lactam (4-membered cyclic amide) rings is 1. The van der Waals surface area contributed by atoms with E-state index in [4.69, 9.17) is 4.74 Å².